The third-order valence-electron chi connectivity index (χ3n) is 4.98. The van der Waals surface area contributed by atoms with E-state index in [2.05, 4.69) is 16.0 Å². The summed E-state index contributed by atoms with van der Waals surface area (Å²) in [6, 6.07) is 6.77. The predicted octanol–water partition coefficient (Wildman–Crippen LogP) is 3.54. The Morgan fingerprint density at radius 3 is 3.00 bits per heavy atom. The van der Waals surface area contributed by atoms with Crippen LogP contribution in [0.2, 0.25) is 0 Å². The number of benzene rings is 1. The Morgan fingerprint density at radius 1 is 1.39 bits per heavy atom. The highest BCUT2D eigenvalue weighted by Crippen LogP contribution is 2.32. The fraction of sp³-hybridized carbons (Fsp3) is 0.318. The maximum atomic E-state index is 13.6. The molecule has 0 bridgehead atoms. The number of hydrogen-bond donors (Lipinski definition) is 4. The van der Waals surface area contributed by atoms with Gasteiger partial charge in [0, 0.05) is 19.8 Å². The van der Waals surface area contributed by atoms with Crippen molar-refractivity contribution >= 4 is 5.84 Å². The molecule has 2 aliphatic rings. The first kappa shape index (κ1) is 19.7. The third-order valence-corrected chi connectivity index (χ3v) is 4.98. The van der Waals surface area contributed by atoms with Crippen molar-refractivity contribution < 1.29 is 4.39 Å². The summed E-state index contributed by atoms with van der Waals surface area (Å²) in [5.74, 6) is 0.220. The lowest BCUT2D eigenvalue weighted by atomic mass is 10.0. The second kappa shape index (κ2) is 9.26. The zero-order chi connectivity index (χ0) is 19.9. The summed E-state index contributed by atoms with van der Waals surface area (Å²) in [7, 11) is 1.89. The molecule has 1 fully saturated rings. The average molecular weight is 381 g/mol. The molecular formula is C22H28FN5. The van der Waals surface area contributed by atoms with Gasteiger partial charge in [-0.2, -0.15) is 0 Å². The summed E-state index contributed by atoms with van der Waals surface area (Å²) in [4.78, 5) is 2.04. The van der Waals surface area contributed by atoms with Gasteiger partial charge in [-0.15, -0.1) is 0 Å². The Morgan fingerprint density at radius 2 is 2.25 bits per heavy atom. The van der Waals surface area contributed by atoms with Crippen molar-refractivity contribution in [2.75, 3.05) is 13.6 Å². The van der Waals surface area contributed by atoms with Gasteiger partial charge in [0.15, 0.2) is 0 Å². The Balaban J connectivity index is 1.61. The number of nitrogens with one attached hydrogen (secondary N) is 4. The molecule has 4 N–H and O–H groups in total. The van der Waals surface area contributed by atoms with E-state index in [1.807, 2.05) is 61.5 Å². The summed E-state index contributed by atoms with van der Waals surface area (Å²) >= 11 is 0. The highest BCUT2D eigenvalue weighted by molar-refractivity contribution is 5.90. The van der Waals surface area contributed by atoms with Gasteiger partial charge in [0.2, 0.25) is 0 Å². The van der Waals surface area contributed by atoms with E-state index >= 15 is 0 Å². The maximum Gasteiger partial charge on any atom is 0.123 e. The molecule has 0 amide bonds. The number of likely N-dealkylation sites (N-methyl/N-ethyl adjacent to an activating group) is 1. The first-order chi connectivity index (χ1) is 13.6. The number of nitrogens with zero attached hydrogens (tertiary/aromatic N) is 1. The van der Waals surface area contributed by atoms with Gasteiger partial charge >= 0.3 is 0 Å². The van der Waals surface area contributed by atoms with Gasteiger partial charge < -0.3 is 20.9 Å². The van der Waals surface area contributed by atoms with E-state index in [9.17, 15) is 4.39 Å². The highest BCUT2D eigenvalue weighted by Gasteiger charge is 2.27. The Labute approximate surface area is 166 Å². The first-order valence-electron chi connectivity index (χ1n) is 9.65. The Kier molecular flexibility index (Phi) is 6.53. The maximum absolute atomic E-state index is 13.6. The van der Waals surface area contributed by atoms with Gasteiger partial charge in [-0.3, -0.25) is 5.41 Å². The molecule has 0 aromatic heterocycles. The van der Waals surface area contributed by atoms with Crippen LogP contribution in [0.1, 0.15) is 31.4 Å². The van der Waals surface area contributed by atoms with Crippen molar-refractivity contribution in [1.82, 2.24) is 20.9 Å². The molecule has 1 aromatic rings. The summed E-state index contributed by atoms with van der Waals surface area (Å²) in [6.45, 7) is 2.79. The monoisotopic (exact) mass is 381 g/mol. The van der Waals surface area contributed by atoms with Gasteiger partial charge in [0.25, 0.3) is 0 Å². The average Bonchev–Trinajstić information content (AvgIpc) is 3.37. The van der Waals surface area contributed by atoms with Gasteiger partial charge in [0.1, 0.15) is 17.8 Å². The SMILES string of the molecule is C/C=C\C=C(/NC)C1=CNC(/C=C\C(=N)N2CCCC2c2cccc(F)c2)N1. The van der Waals surface area contributed by atoms with Crippen LogP contribution < -0.4 is 16.0 Å². The number of halogens is 1. The zero-order valence-corrected chi connectivity index (χ0v) is 16.4. The number of likely N-dealkylation sites (tertiary alicyclic amines) is 1. The Bertz CT molecular complexity index is 824. The smallest absolute Gasteiger partial charge is 0.123 e. The van der Waals surface area contributed by atoms with Crippen molar-refractivity contribution in [2.45, 2.75) is 32.0 Å². The lowest BCUT2D eigenvalue weighted by molar-refractivity contribution is 0.398. The molecule has 2 unspecified atom stereocenters. The molecule has 2 atom stereocenters. The van der Waals surface area contributed by atoms with E-state index in [1.54, 1.807) is 12.1 Å². The number of amidine groups is 1. The van der Waals surface area contributed by atoms with Crippen LogP contribution in [0.15, 0.2) is 72.2 Å². The predicted molar refractivity (Wildman–Crippen MR) is 112 cm³/mol. The number of rotatable bonds is 6. The van der Waals surface area contributed by atoms with E-state index in [-0.39, 0.29) is 18.0 Å². The van der Waals surface area contributed by atoms with Crippen LogP contribution >= 0.6 is 0 Å². The first-order valence-corrected chi connectivity index (χ1v) is 9.65. The van der Waals surface area contributed by atoms with Crippen LogP contribution in [0.25, 0.3) is 0 Å². The van der Waals surface area contributed by atoms with Crippen molar-refractivity contribution in [3.05, 3.63) is 83.6 Å². The van der Waals surface area contributed by atoms with E-state index in [0.717, 1.165) is 36.3 Å². The van der Waals surface area contributed by atoms with Gasteiger partial charge in [-0.25, -0.2) is 4.39 Å². The fourth-order valence-corrected chi connectivity index (χ4v) is 3.58. The molecule has 0 saturated carbocycles. The molecule has 6 heteroatoms. The number of allylic oxidation sites excluding steroid dienone is 3. The van der Waals surface area contributed by atoms with Crippen LogP contribution in [0.5, 0.6) is 0 Å². The van der Waals surface area contributed by atoms with Crippen molar-refractivity contribution in [3.8, 4) is 0 Å². The van der Waals surface area contributed by atoms with Crippen LogP contribution in [0, 0.1) is 11.2 Å². The normalized spacial score (nSPS) is 22.5. The minimum atomic E-state index is -0.226. The highest BCUT2D eigenvalue weighted by atomic mass is 19.1. The van der Waals surface area contributed by atoms with E-state index < -0.39 is 0 Å². The second-order valence-corrected chi connectivity index (χ2v) is 6.85. The molecule has 2 heterocycles. The molecule has 1 saturated heterocycles. The Hall–Kier alpha value is -3.02. The molecule has 0 spiro atoms. The van der Waals surface area contributed by atoms with Gasteiger partial charge in [-0.05, 0) is 55.7 Å². The molecule has 148 valence electrons. The molecule has 3 rings (SSSR count). The lowest BCUT2D eigenvalue weighted by Crippen LogP contribution is -2.33. The minimum Gasteiger partial charge on any atom is -0.386 e. The molecule has 28 heavy (non-hydrogen) atoms. The lowest BCUT2D eigenvalue weighted by Gasteiger charge is -2.26. The topological polar surface area (TPSA) is 63.2 Å². The molecule has 0 aliphatic carbocycles. The second-order valence-electron chi connectivity index (χ2n) is 6.85. The minimum absolute atomic E-state index is 0.0608. The number of hydrogen-bond acceptors (Lipinski definition) is 4. The largest absolute Gasteiger partial charge is 0.386 e. The van der Waals surface area contributed by atoms with Gasteiger partial charge in [-0.1, -0.05) is 24.3 Å². The van der Waals surface area contributed by atoms with Crippen LogP contribution in [0.4, 0.5) is 4.39 Å². The van der Waals surface area contributed by atoms with E-state index in [1.165, 1.54) is 6.07 Å². The van der Waals surface area contributed by atoms with Crippen molar-refractivity contribution in [1.29, 1.82) is 5.41 Å². The van der Waals surface area contributed by atoms with Gasteiger partial charge in [0.05, 0.1) is 17.4 Å². The fourth-order valence-electron chi connectivity index (χ4n) is 3.58. The molecule has 0 radical (unpaired) electrons. The van der Waals surface area contributed by atoms with Crippen LogP contribution in [-0.4, -0.2) is 30.5 Å². The summed E-state index contributed by atoms with van der Waals surface area (Å²) in [5, 5.41) is 18.3. The molecular weight excluding hydrogens is 353 g/mol. The summed E-state index contributed by atoms with van der Waals surface area (Å²) in [6.07, 6.45) is 13.5. The van der Waals surface area contributed by atoms with E-state index in [4.69, 9.17) is 5.41 Å². The van der Waals surface area contributed by atoms with Crippen molar-refractivity contribution in [2.24, 2.45) is 0 Å². The summed E-state index contributed by atoms with van der Waals surface area (Å²) in [5.41, 5.74) is 2.90. The molecule has 2 aliphatic heterocycles. The quantitative estimate of drug-likeness (QED) is 0.346. The van der Waals surface area contributed by atoms with Crippen molar-refractivity contribution in [3.63, 3.8) is 0 Å². The van der Waals surface area contributed by atoms with E-state index in [0.29, 0.717) is 5.84 Å². The summed E-state index contributed by atoms with van der Waals surface area (Å²) < 4.78 is 13.6. The van der Waals surface area contributed by atoms with Crippen LogP contribution in [0.3, 0.4) is 0 Å². The van der Waals surface area contributed by atoms with Crippen LogP contribution in [-0.2, 0) is 0 Å². The standard InChI is InChI=1S/C22H28FN5/c1-3-4-9-18(25-2)19-15-26-22(27-19)12-11-21(24)28-13-6-10-20(28)16-7-5-8-17(23)14-16/h3-5,7-9,11-12,14-15,20,22,24-27H,6,10,13H2,1-2H3/b4-3-,12-11-,18-9-,24-21?. The zero-order valence-electron chi connectivity index (χ0n) is 16.4. The molecule has 5 nitrogen and oxygen atoms in total. The molecule has 1 aromatic carbocycles. The third kappa shape index (κ3) is 4.63.